The monoisotopic (exact) mass is 158 g/mol. The Hall–Kier alpha value is -0.360. The minimum atomic E-state index is -1.05. The minimum Gasteiger partial charge on any atom is -0.480 e. The van der Waals surface area contributed by atoms with Crippen LogP contribution in [0.5, 0.6) is 0 Å². The summed E-state index contributed by atoms with van der Waals surface area (Å²) in [7, 11) is 0. The lowest BCUT2D eigenvalue weighted by Gasteiger charge is -1.97. The molecule has 0 radical (unpaired) electrons. The number of aliphatic carboxylic acids is 1. The van der Waals surface area contributed by atoms with Crippen LogP contribution in [0.1, 0.15) is 0 Å². The normalized spacial score (nSPS) is 10.4. The van der Waals surface area contributed by atoms with Crippen molar-refractivity contribution < 1.29 is 15.4 Å². The standard InChI is InChI=1S/C3H8N2O2.ClH.H2O/c4-1-2(5)3(6)7;;/h2H,1,4-5H2,(H,6,7);1H;1H2. The summed E-state index contributed by atoms with van der Waals surface area (Å²) in [6.07, 6.45) is 0. The summed E-state index contributed by atoms with van der Waals surface area (Å²) in [5.41, 5.74) is 9.76. The van der Waals surface area contributed by atoms with Crippen molar-refractivity contribution in [2.24, 2.45) is 11.5 Å². The van der Waals surface area contributed by atoms with E-state index >= 15 is 0 Å². The number of nitrogens with two attached hydrogens (primary N) is 2. The van der Waals surface area contributed by atoms with Crippen LogP contribution < -0.4 is 11.5 Å². The topological polar surface area (TPSA) is 121 Å². The first-order valence-corrected chi connectivity index (χ1v) is 1.87. The number of halogens is 1. The Labute approximate surface area is 58.7 Å². The second kappa shape index (κ2) is 7.64. The number of hydrogen-bond acceptors (Lipinski definition) is 3. The lowest BCUT2D eigenvalue weighted by Crippen LogP contribution is -2.37. The molecule has 0 amide bonds. The molecule has 9 heavy (non-hydrogen) atoms. The highest BCUT2D eigenvalue weighted by atomic mass is 35.5. The number of carbonyl (C=O) groups is 1. The summed E-state index contributed by atoms with van der Waals surface area (Å²) >= 11 is 0. The second-order valence-corrected chi connectivity index (χ2v) is 1.18. The van der Waals surface area contributed by atoms with E-state index in [1.807, 2.05) is 0 Å². The fourth-order valence-electron chi connectivity index (χ4n) is 0.101. The van der Waals surface area contributed by atoms with E-state index in [0.29, 0.717) is 0 Å². The summed E-state index contributed by atoms with van der Waals surface area (Å²) in [6.45, 7) is -0.00463. The van der Waals surface area contributed by atoms with Gasteiger partial charge in [0.05, 0.1) is 0 Å². The zero-order valence-electron chi connectivity index (χ0n) is 4.70. The molecule has 58 valence electrons. The largest absolute Gasteiger partial charge is 0.480 e. The fourth-order valence-corrected chi connectivity index (χ4v) is 0.101. The molecule has 0 spiro atoms. The molecular formula is C3H11ClN2O3. The van der Waals surface area contributed by atoms with Crippen molar-refractivity contribution >= 4 is 18.4 Å². The van der Waals surface area contributed by atoms with E-state index in [1.54, 1.807) is 0 Å². The predicted molar refractivity (Wildman–Crippen MR) is 35.5 cm³/mol. The molecule has 0 aliphatic rings. The first-order chi connectivity index (χ1) is 3.18. The van der Waals surface area contributed by atoms with Crippen molar-refractivity contribution in [2.75, 3.05) is 6.54 Å². The summed E-state index contributed by atoms with van der Waals surface area (Å²) < 4.78 is 0. The maximum absolute atomic E-state index is 9.73. The molecule has 0 bridgehead atoms. The summed E-state index contributed by atoms with van der Waals surface area (Å²) in [4.78, 5) is 9.73. The van der Waals surface area contributed by atoms with Crippen LogP contribution in [0.3, 0.4) is 0 Å². The fraction of sp³-hybridized carbons (Fsp3) is 0.667. The molecule has 0 aromatic rings. The molecule has 0 saturated carbocycles. The third-order valence-electron chi connectivity index (χ3n) is 0.571. The summed E-state index contributed by atoms with van der Waals surface area (Å²) in [5, 5.41) is 7.98. The highest BCUT2D eigenvalue weighted by Gasteiger charge is 2.05. The van der Waals surface area contributed by atoms with Gasteiger partial charge in [-0.05, 0) is 0 Å². The van der Waals surface area contributed by atoms with Gasteiger partial charge in [0.1, 0.15) is 6.04 Å². The third kappa shape index (κ3) is 7.64. The highest BCUT2D eigenvalue weighted by molar-refractivity contribution is 5.85. The Bertz CT molecular complexity index is 79.5. The minimum absolute atomic E-state index is 0. The Morgan fingerprint density at radius 3 is 2.00 bits per heavy atom. The second-order valence-electron chi connectivity index (χ2n) is 1.18. The van der Waals surface area contributed by atoms with E-state index in [0.717, 1.165) is 0 Å². The molecule has 0 aromatic heterocycles. The molecule has 0 rings (SSSR count). The lowest BCUT2D eigenvalue weighted by atomic mass is 10.3. The quantitative estimate of drug-likeness (QED) is 0.428. The van der Waals surface area contributed by atoms with Crippen molar-refractivity contribution in [3.05, 3.63) is 0 Å². The molecule has 5 nitrogen and oxygen atoms in total. The molecule has 7 N–H and O–H groups in total. The molecule has 1 unspecified atom stereocenters. The Morgan fingerprint density at radius 1 is 1.67 bits per heavy atom. The first kappa shape index (κ1) is 15.9. The molecule has 1 atom stereocenters. The van der Waals surface area contributed by atoms with Crippen LogP contribution in [0, 0.1) is 0 Å². The van der Waals surface area contributed by atoms with Crippen molar-refractivity contribution in [1.29, 1.82) is 0 Å². The van der Waals surface area contributed by atoms with E-state index in [9.17, 15) is 4.79 Å². The molecular weight excluding hydrogens is 147 g/mol. The zero-order chi connectivity index (χ0) is 5.86. The number of carboxylic acid groups (broad SMARTS) is 1. The van der Waals surface area contributed by atoms with Gasteiger partial charge in [-0.25, -0.2) is 0 Å². The molecule has 0 aliphatic heterocycles. The third-order valence-corrected chi connectivity index (χ3v) is 0.571. The number of rotatable bonds is 2. The molecule has 6 heteroatoms. The molecule has 0 saturated heterocycles. The maximum atomic E-state index is 9.73. The van der Waals surface area contributed by atoms with Crippen LogP contribution in [0.2, 0.25) is 0 Å². The van der Waals surface area contributed by atoms with E-state index < -0.39 is 12.0 Å². The van der Waals surface area contributed by atoms with Crippen LogP contribution in [0.15, 0.2) is 0 Å². The van der Waals surface area contributed by atoms with Gasteiger partial charge in [0.15, 0.2) is 0 Å². The van der Waals surface area contributed by atoms with Crippen LogP contribution in [0.4, 0.5) is 0 Å². The zero-order valence-corrected chi connectivity index (χ0v) is 5.52. The van der Waals surface area contributed by atoms with Gasteiger partial charge in [0, 0.05) is 6.54 Å². The first-order valence-electron chi connectivity index (χ1n) is 1.87. The van der Waals surface area contributed by atoms with Gasteiger partial charge in [0.25, 0.3) is 0 Å². The molecule has 0 fully saturated rings. The van der Waals surface area contributed by atoms with Crippen LogP contribution in [0.25, 0.3) is 0 Å². The van der Waals surface area contributed by atoms with Gasteiger partial charge in [0.2, 0.25) is 0 Å². The van der Waals surface area contributed by atoms with Crippen molar-refractivity contribution in [1.82, 2.24) is 0 Å². The SMILES string of the molecule is Cl.NCC(N)C(=O)O.O. The van der Waals surface area contributed by atoms with E-state index in [2.05, 4.69) is 0 Å². The molecule has 0 aliphatic carbocycles. The van der Waals surface area contributed by atoms with E-state index in [-0.39, 0.29) is 24.4 Å². The Kier molecular flexibility index (Phi) is 13.5. The van der Waals surface area contributed by atoms with Crippen molar-refractivity contribution in [2.45, 2.75) is 6.04 Å². The van der Waals surface area contributed by atoms with Crippen molar-refractivity contribution in [3.63, 3.8) is 0 Å². The van der Waals surface area contributed by atoms with Crippen LogP contribution >= 0.6 is 12.4 Å². The van der Waals surface area contributed by atoms with E-state index in [1.165, 1.54) is 0 Å². The number of carboxylic acids is 1. The lowest BCUT2D eigenvalue weighted by molar-refractivity contribution is -0.138. The van der Waals surface area contributed by atoms with Gasteiger partial charge in [-0.2, -0.15) is 0 Å². The smallest absolute Gasteiger partial charge is 0.321 e. The number of hydrogen-bond donors (Lipinski definition) is 3. The van der Waals surface area contributed by atoms with Crippen molar-refractivity contribution in [3.8, 4) is 0 Å². The van der Waals surface area contributed by atoms with Gasteiger partial charge in [-0.3, -0.25) is 4.79 Å². The highest BCUT2D eigenvalue weighted by Crippen LogP contribution is 1.68. The summed E-state index contributed by atoms with van der Waals surface area (Å²) in [6, 6.07) is -0.903. The van der Waals surface area contributed by atoms with E-state index in [4.69, 9.17) is 16.6 Å². The summed E-state index contributed by atoms with van der Waals surface area (Å²) in [5.74, 6) is -1.05. The average molecular weight is 159 g/mol. The Morgan fingerprint density at radius 2 is 2.00 bits per heavy atom. The Balaban J connectivity index is -0.000000180. The molecule has 0 aromatic carbocycles. The molecule has 0 heterocycles. The maximum Gasteiger partial charge on any atom is 0.321 e. The average Bonchev–Trinajstić information content (AvgIpc) is 1.65. The van der Waals surface area contributed by atoms with Gasteiger partial charge < -0.3 is 22.1 Å². The van der Waals surface area contributed by atoms with Gasteiger partial charge in [-0.15, -0.1) is 12.4 Å². The van der Waals surface area contributed by atoms with Crippen LogP contribution in [-0.2, 0) is 4.79 Å². The predicted octanol–water partition coefficient (Wildman–Crippen LogP) is -2.05. The van der Waals surface area contributed by atoms with Crippen LogP contribution in [-0.4, -0.2) is 29.1 Å². The van der Waals surface area contributed by atoms with Gasteiger partial charge in [-0.1, -0.05) is 0 Å². The van der Waals surface area contributed by atoms with Gasteiger partial charge >= 0.3 is 5.97 Å².